The molecule has 0 atom stereocenters. The second-order valence-electron chi connectivity index (χ2n) is 3.06. The molecule has 0 unspecified atom stereocenters. The van der Waals surface area contributed by atoms with E-state index in [2.05, 4.69) is 29.5 Å². The van der Waals surface area contributed by atoms with Gasteiger partial charge in [0, 0.05) is 29.9 Å². The van der Waals surface area contributed by atoms with Crippen LogP contribution in [-0.2, 0) is 12.8 Å². The minimum Gasteiger partial charge on any atom is -0.350 e. The van der Waals surface area contributed by atoms with Gasteiger partial charge in [-0.2, -0.15) is 12.6 Å². The molecule has 0 aliphatic carbocycles. The van der Waals surface area contributed by atoms with E-state index in [9.17, 15) is 0 Å². The summed E-state index contributed by atoms with van der Waals surface area (Å²) in [6, 6.07) is 5.94. The summed E-state index contributed by atoms with van der Waals surface area (Å²) in [6.07, 6.45) is 2.07. The molecule has 0 N–H and O–H groups in total. The summed E-state index contributed by atoms with van der Waals surface area (Å²) in [7, 11) is 2.02. The van der Waals surface area contributed by atoms with E-state index < -0.39 is 0 Å². The van der Waals surface area contributed by atoms with Gasteiger partial charge in [-0.05, 0) is 17.7 Å². The highest BCUT2D eigenvalue weighted by Gasteiger charge is 2.07. The monoisotopic (exact) mass is 211 g/mol. The Morgan fingerprint density at radius 1 is 1.46 bits per heavy atom. The first-order chi connectivity index (χ1) is 6.24. The minimum absolute atomic E-state index is 0.723. The molecule has 0 bridgehead atoms. The molecule has 0 spiro atoms. The number of benzene rings is 1. The summed E-state index contributed by atoms with van der Waals surface area (Å²) in [5, 5.41) is 1.93. The highest BCUT2D eigenvalue weighted by molar-refractivity contribution is 7.79. The van der Waals surface area contributed by atoms with Crippen molar-refractivity contribution in [1.82, 2.24) is 4.57 Å². The lowest BCUT2D eigenvalue weighted by atomic mass is 10.2. The molecule has 1 aromatic heterocycles. The van der Waals surface area contributed by atoms with E-state index in [-0.39, 0.29) is 0 Å². The van der Waals surface area contributed by atoms with Crippen molar-refractivity contribution >= 4 is 35.1 Å². The number of halogens is 1. The molecule has 0 saturated heterocycles. The van der Waals surface area contributed by atoms with Gasteiger partial charge in [0.1, 0.15) is 0 Å². The second kappa shape index (κ2) is 3.28. The van der Waals surface area contributed by atoms with E-state index in [0.717, 1.165) is 21.7 Å². The molecule has 0 saturated carbocycles. The SMILES string of the molecule is Cn1cc(CS)c2c(Cl)cccc21. The van der Waals surface area contributed by atoms with Crippen molar-refractivity contribution < 1.29 is 0 Å². The third-order valence-corrected chi connectivity index (χ3v) is 2.87. The van der Waals surface area contributed by atoms with Crippen LogP contribution in [0.2, 0.25) is 5.02 Å². The van der Waals surface area contributed by atoms with Crippen LogP contribution < -0.4 is 0 Å². The Morgan fingerprint density at radius 3 is 2.92 bits per heavy atom. The summed E-state index contributed by atoms with van der Waals surface area (Å²) in [6.45, 7) is 0. The number of aryl methyl sites for hydroxylation is 1. The number of nitrogens with zero attached hydrogens (tertiary/aromatic N) is 1. The average Bonchev–Trinajstić information content (AvgIpc) is 2.45. The van der Waals surface area contributed by atoms with Crippen molar-refractivity contribution in [3.8, 4) is 0 Å². The van der Waals surface area contributed by atoms with Gasteiger partial charge in [0.15, 0.2) is 0 Å². The highest BCUT2D eigenvalue weighted by atomic mass is 35.5. The van der Waals surface area contributed by atoms with Crippen LogP contribution in [0.3, 0.4) is 0 Å². The lowest BCUT2D eigenvalue weighted by Gasteiger charge is -1.97. The van der Waals surface area contributed by atoms with E-state index in [1.54, 1.807) is 0 Å². The lowest BCUT2D eigenvalue weighted by molar-refractivity contribution is 0.963. The molecule has 0 aliphatic heterocycles. The summed E-state index contributed by atoms with van der Waals surface area (Å²) in [4.78, 5) is 0. The topological polar surface area (TPSA) is 4.93 Å². The zero-order valence-corrected chi connectivity index (χ0v) is 8.94. The smallest absolute Gasteiger partial charge is 0.0502 e. The van der Waals surface area contributed by atoms with Crippen LogP contribution >= 0.6 is 24.2 Å². The molecule has 1 aromatic carbocycles. The van der Waals surface area contributed by atoms with E-state index in [1.165, 1.54) is 5.56 Å². The maximum absolute atomic E-state index is 6.11. The maximum atomic E-state index is 6.11. The van der Waals surface area contributed by atoms with Crippen LogP contribution in [0.15, 0.2) is 24.4 Å². The molecule has 3 heteroatoms. The van der Waals surface area contributed by atoms with Gasteiger partial charge in [-0.1, -0.05) is 17.7 Å². The van der Waals surface area contributed by atoms with Gasteiger partial charge in [-0.25, -0.2) is 0 Å². The van der Waals surface area contributed by atoms with Crippen molar-refractivity contribution in [2.24, 2.45) is 7.05 Å². The van der Waals surface area contributed by atoms with E-state index in [0.29, 0.717) is 0 Å². The molecule has 0 fully saturated rings. The Hall–Kier alpha value is -0.600. The van der Waals surface area contributed by atoms with Gasteiger partial charge < -0.3 is 4.57 Å². The molecular formula is C10H10ClNS. The van der Waals surface area contributed by atoms with Gasteiger partial charge in [-0.3, -0.25) is 0 Å². The van der Waals surface area contributed by atoms with Crippen LogP contribution in [0.5, 0.6) is 0 Å². The van der Waals surface area contributed by atoms with Gasteiger partial charge in [0.25, 0.3) is 0 Å². The number of rotatable bonds is 1. The molecule has 1 heterocycles. The van der Waals surface area contributed by atoms with Crippen molar-refractivity contribution in [3.63, 3.8) is 0 Å². The normalized spacial score (nSPS) is 11.0. The predicted molar refractivity (Wildman–Crippen MR) is 60.6 cm³/mol. The molecule has 68 valence electrons. The highest BCUT2D eigenvalue weighted by Crippen LogP contribution is 2.28. The van der Waals surface area contributed by atoms with E-state index >= 15 is 0 Å². The van der Waals surface area contributed by atoms with Crippen molar-refractivity contribution in [3.05, 3.63) is 35.0 Å². The fourth-order valence-electron chi connectivity index (χ4n) is 1.61. The Bertz CT molecular complexity index is 447. The number of hydrogen-bond acceptors (Lipinski definition) is 1. The van der Waals surface area contributed by atoms with E-state index in [4.69, 9.17) is 11.6 Å². The summed E-state index contributed by atoms with van der Waals surface area (Å²) in [5.74, 6) is 0.723. The van der Waals surface area contributed by atoms with Crippen LogP contribution in [0, 0.1) is 0 Å². The second-order valence-corrected chi connectivity index (χ2v) is 3.78. The molecule has 2 aromatic rings. The van der Waals surface area contributed by atoms with Gasteiger partial charge in [0.05, 0.1) is 5.02 Å². The molecule has 0 aliphatic rings. The van der Waals surface area contributed by atoms with Crippen molar-refractivity contribution in [2.45, 2.75) is 5.75 Å². The maximum Gasteiger partial charge on any atom is 0.0502 e. The standard InChI is InChI=1S/C10H10ClNS/c1-12-5-7(6-13)10-8(11)3-2-4-9(10)12/h2-5,13H,6H2,1H3. The number of hydrogen-bond donors (Lipinski definition) is 1. The van der Waals surface area contributed by atoms with Crippen molar-refractivity contribution in [1.29, 1.82) is 0 Å². The number of fused-ring (bicyclic) bond motifs is 1. The third-order valence-electron chi connectivity index (χ3n) is 2.21. The Labute approximate surface area is 87.7 Å². The fraction of sp³-hybridized carbons (Fsp3) is 0.200. The van der Waals surface area contributed by atoms with Crippen LogP contribution in [0.25, 0.3) is 10.9 Å². The minimum atomic E-state index is 0.723. The lowest BCUT2D eigenvalue weighted by Crippen LogP contribution is -1.82. The predicted octanol–water partition coefficient (Wildman–Crippen LogP) is 3.26. The Kier molecular flexibility index (Phi) is 2.26. The van der Waals surface area contributed by atoms with Gasteiger partial charge in [-0.15, -0.1) is 0 Å². The van der Waals surface area contributed by atoms with Crippen LogP contribution in [0.4, 0.5) is 0 Å². The first-order valence-electron chi connectivity index (χ1n) is 4.07. The van der Waals surface area contributed by atoms with Crippen molar-refractivity contribution in [2.75, 3.05) is 0 Å². The number of aromatic nitrogens is 1. The largest absolute Gasteiger partial charge is 0.350 e. The Morgan fingerprint density at radius 2 is 2.23 bits per heavy atom. The fourth-order valence-corrected chi connectivity index (χ4v) is 2.14. The third kappa shape index (κ3) is 1.34. The average molecular weight is 212 g/mol. The molecular weight excluding hydrogens is 202 g/mol. The summed E-state index contributed by atoms with van der Waals surface area (Å²) < 4.78 is 2.08. The zero-order valence-electron chi connectivity index (χ0n) is 7.29. The zero-order chi connectivity index (χ0) is 9.42. The summed E-state index contributed by atoms with van der Waals surface area (Å²) >= 11 is 10.4. The summed E-state index contributed by atoms with van der Waals surface area (Å²) in [5.41, 5.74) is 2.35. The number of thiol groups is 1. The molecule has 13 heavy (non-hydrogen) atoms. The first kappa shape index (κ1) is 8.97. The molecule has 1 nitrogen and oxygen atoms in total. The molecule has 2 rings (SSSR count). The quantitative estimate of drug-likeness (QED) is 0.691. The Balaban J connectivity index is 2.89. The van der Waals surface area contributed by atoms with Gasteiger partial charge >= 0.3 is 0 Å². The molecule has 0 amide bonds. The van der Waals surface area contributed by atoms with Crippen LogP contribution in [-0.4, -0.2) is 4.57 Å². The van der Waals surface area contributed by atoms with E-state index in [1.807, 2.05) is 19.2 Å². The van der Waals surface area contributed by atoms with Gasteiger partial charge in [0.2, 0.25) is 0 Å². The molecule has 0 radical (unpaired) electrons. The first-order valence-corrected chi connectivity index (χ1v) is 5.08. The van der Waals surface area contributed by atoms with Crippen LogP contribution in [0.1, 0.15) is 5.56 Å².